The molecule has 1 saturated carbocycles. The highest BCUT2D eigenvalue weighted by Crippen LogP contribution is 2.52. The van der Waals surface area contributed by atoms with Gasteiger partial charge in [0.2, 0.25) is 0 Å². The summed E-state index contributed by atoms with van der Waals surface area (Å²) in [5.41, 5.74) is 3.56. The zero-order chi connectivity index (χ0) is 22.3. The van der Waals surface area contributed by atoms with E-state index in [1.165, 1.54) is 5.56 Å². The fourth-order valence-corrected chi connectivity index (χ4v) is 4.84. The highest BCUT2D eigenvalue weighted by Gasteiger charge is 2.50. The number of carbonyl (C=O) groups excluding carboxylic acids is 2. The molecule has 5 rings (SSSR count). The van der Waals surface area contributed by atoms with Gasteiger partial charge in [0, 0.05) is 38.8 Å². The van der Waals surface area contributed by atoms with Gasteiger partial charge in [0.05, 0.1) is 17.6 Å². The van der Waals surface area contributed by atoms with Crippen molar-refractivity contribution in [3.8, 4) is 5.75 Å². The first-order valence-corrected chi connectivity index (χ1v) is 11.3. The Kier molecular flexibility index (Phi) is 5.25. The van der Waals surface area contributed by atoms with E-state index in [0.29, 0.717) is 12.1 Å². The Morgan fingerprint density at radius 1 is 1.22 bits per heavy atom. The minimum absolute atomic E-state index is 0.0504. The maximum atomic E-state index is 12.2. The van der Waals surface area contributed by atoms with Gasteiger partial charge in [-0.15, -0.1) is 0 Å². The summed E-state index contributed by atoms with van der Waals surface area (Å²) in [6.07, 6.45) is 4.28. The first kappa shape index (κ1) is 20.8. The molecule has 1 aromatic carbocycles. The van der Waals surface area contributed by atoms with Crippen LogP contribution in [0.15, 0.2) is 36.5 Å². The molecule has 1 aliphatic carbocycles. The molecule has 0 unspecified atom stereocenters. The second kappa shape index (κ2) is 8.09. The highest BCUT2D eigenvalue weighted by atomic mass is 16.5. The highest BCUT2D eigenvalue weighted by molar-refractivity contribution is 5.97. The number of amides is 2. The van der Waals surface area contributed by atoms with Crippen molar-refractivity contribution in [3.63, 3.8) is 0 Å². The van der Waals surface area contributed by atoms with Crippen LogP contribution in [-0.2, 0) is 10.3 Å². The Labute approximate surface area is 187 Å². The number of hydrogen-bond acceptors (Lipinski definition) is 6. The van der Waals surface area contributed by atoms with Gasteiger partial charge in [-0.25, -0.2) is 4.98 Å². The molecule has 3 aliphatic rings. The first-order valence-electron chi connectivity index (χ1n) is 11.3. The second-order valence-electron chi connectivity index (χ2n) is 8.70. The molecule has 3 heterocycles. The normalized spacial score (nSPS) is 21.9. The predicted molar refractivity (Wildman–Crippen MR) is 122 cm³/mol. The van der Waals surface area contributed by atoms with E-state index < -0.39 is 6.10 Å². The number of pyridine rings is 1. The first-order chi connectivity index (χ1) is 15.5. The molecule has 8 heteroatoms. The molecule has 2 fully saturated rings. The summed E-state index contributed by atoms with van der Waals surface area (Å²) in [5, 5.41) is 5.62. The monoisotopic (exact) mass is 435 g/mol. The standard InChI is InChI=1S/C24H29N5O3/c1-3-20-23(31)27-19-14-16(4-7-21(19)32-20)24(8-9-24)29-12-10-28(11-13-29)17-5-6-18(26-15-17)22(30)25-2/h4-7,14-15,20H,3,8-13H2,1-2H3,(H,25,30)(H,27,31)/t20-/m1/s1. The summed E-state index contributed by atoms with van der Waals surface area (Å²) in [6.45, 7) is 5.68. The Balaban J connectivity index is 1.27. The van der Waals surface area contributed by atoms with Crippen LogP contribution in [0.3, 0.4) is 0 Å². The zero-order valence-corrected chi connectivity index (χ0v) is 18.6. The smallest absolute Gasteiger partial charge is 0.269 e. The van der Waals surface area contributed by atoms with Crippen LogP contribution in [-0.4, -0.2) is 61.0 Å². The average molecular weight is 436 g/mol. The van der Waals surface area contributed by atoms with Crippen LogP contribution in [0.25, 0.3) is 0 Å². The summed E-state index contributed by atoms with van der Waals surface area (Å²) in [6, 6.07) is 10.00. The molecule has 2 N–H and O–H groups in total. The number of anilines is 2. The molecule has 0 spiro atoms. The summed E-state index contributed by atoms with van der Waals surface area (Å²) < 4.78 is 5.86. The summed E-state index contributed by atoms with van der Waals surface area (Å²) in [4.78, 5) is 33.1. The van der Waals surface area contributed by atoms with Gasteiger partial charge in [-0.05, 0) is 49.1 Å². The number of hydrogen-bond donors (Lipinski definition) is 2. The number of nitrogens with zero attached hydrogens (tertiary/aromatic N) is 3. The van der Waals surface area contributed by atoms with Crippen molar-refractivity contribution in [1.82, 2.24) is 15.2 Å². The van der Waals surface area contributed by atoms with Crippen LogP contribution in [0.1, 0.15) is 42.2 Å². The van der Waals surface area contributed by atoms with E-state index >= 15 is 0 Å². The number of piperazine rings is 1. The number of benzene rings is 1. The van der Waals surface area contributed by atoms with Gasteiger partial charge in [0.25, 0.3) is 11.8 Å². The molecule has 1 aromatic heterocycles. The third-order valence-corrected chi connectivity index (χ3v) is 6.89. The van der Waals surface area contributed by atoms with Crippen molar-refractivity contribution in [3.05, 3.63) is 47.8 Å². The van der Waals surface area contributed by atoms with E-state index in [9.17, 15) is 9.59 Å². The lowest BCUT2D eigenvalue weighted by Gasteiger charge is -2.41. The van der Waals surface area contributed by atoms with E-state index in [2.05, 4.69) is 37.6 Å². The van der Waals surface area contributed by atoms with Crippen molar-refractivity contribution in [1.29, 1.82) is 0 Å². The van der Waals surface area contributed by atoms with Crippen LogP contribution in [0, 0.1) is 0 Å². The van der Waals surface area contributed by atoms with E-state index in [0.717, 1.165) is 56.1 Å². The quantitative estimate of drug-likeness (QED) is 0.750. The third-order valence-electron chi connectivity index (χ3n) is 6.89. The van der Waals surface area contributed by atoms with Gasteiger partial charge in [0.15, 0.2) is 6.10 Å². The van der Waals surface area contributed by atoms with Crippen LogP contribution in [0.5, 0.6) is 5.75 Å². The van der Waals surface area contributed by atoms with Crippen molar-refractivity contribution in [2.45, 2.75) is 37.8 Å². The maximum Gasteiger partial charge on any atom is 0.269 e. The lowest BCUT2D eigenvalue weighted by atomic mass is 10.00. The predicted octanol–water partition coefficient (Wildman–Crippen LogP) is 2.36. The lowest BCUT2D eigenvalue weighted by Crippen LogP contribution is -2.50. The molecule has 32 heavy (non-hydrogen) atoms. The van der Waals surface area contributed by atoms with E-state index in [1.54, 1.807) is 19.3 Å². The summed E-state index contributed by atoms with van der Waals surface area (Å²) in [5.74, 6) is 0.522. The van der Waals surface area contributed by atoms with Gasteiger partial charge in [0.1, 0.15) is 11.4 Å². The zero-order valence-electron chi connectivity index (χ0n) is 18.6. The molecule has 0 bridgehead atoms. The van der Waals surface area contributed by atoms with Crippen LogP contribution in [0.4, 0.5) is 11.4 Å². The Morgan fingerprint density at radius 2 is 2.00 bits per heavy atom. The van der Waals surface area contributed by atoms with Crippen molar-refractivity contribution < 1.29 is 14.3 Å². The van der Waals surface area contributed by atoms with Crippen LogP contribution in [0.2, 0.25) is 0 Å². The molecule has 2 aromatic rings. The molecular weight excluding hydrogens is 406 g/mol. The number of aromatic nitrogens is 1. The minimum Gasteiger partial charge on any atom is -0.478 e. The SMILES string of the molecule is CC[C@H]1Oc2ccc(C3(N4CCN(c5ccc(C(=O)NC)nc5)CC4)CC3)cc2NC1=O. The molecule has 1 saturated heterocycles. The Bertz CT molecular complexity index is 1030. The topological polar surface area (TPSA) is 86.8 Å². The van der Waals surface area contributed by atoms with Gasteiger partial charge in [-0.2, -0.15) is 0 Å². The molecule has 2 aliphatic heterocycles. The number of nitrogens with one attached hydrogen (secondary N) is 2. The number of rotatable bonds is 5. The molecule has 0 radical (unpaired) electrons. The van der Waals surface area contributed by atoms with Crippen molar-refractivity contribution >= 4 is 23.2 Å². The summed E-state index contributed by atoms with van der Waals surface area (Å²) in [7, 11) is 1.61. The van der Waals surface area contributed by atoms with E-state index in [-0.39, 0.29) is 17.4 Å². The summed E-state index contributed by atoms with van der Waals surface area (Å²) >= 11 is 0. The Morgan fingerprint density at radius 3 is 2.62 bits per heavy atom. The lowest BCUT2D eigenvalue weighted by molar-refractivity contribution is -0.123. The molecule has 168 valence electrons. The van der Waals surface area contributed by atoms with Crippen LogP contribution >= 0.6 is 0 Å². The molecule has 8 nitrogen and oxygen atoms in total. The van der Waals surface area contributed by atoms with E-state index in [4.69, 9.17) is 4.74 Å². The Hall–Kier alpha value is -3.13. The minimum atomic E-state index is -0.406. The van der Waals surface area contributed by atoms with Crippen molar-refractivity contribution in [2.75, 3.05) is 43.4 Å². The van der Waals surface area contributed by atoms with Crippen molar-refractivity contribution in [2.24, 2.45) is 0 Å². The average Bonchev–Trinajstić information content (AvgIpc) is 3.65. The maximum absolute atomic E-state index is 12.2. The van der Waals surface area contributed by atoms with E-state index in [1.807, 2.05) is 19.1 Å². The molecule has 1 atom stereocenters. The van der Waals surface area contributed by atoms with Gasteiger partial charge >= 0.3 is 0 Å². The largest absolute Gasteiger partial charge is 0.478 e. The van der Waals surface area contributed by atoms with Crippen LogP contribution < -0.4 is 20.3 Å². The van der Waals surface area contributed by atoms with Gasteiger partial charge < -0.3 is 20.3 Å². The number of ether oxygens (including phenoxy) is 1. The number of fused-ring (bicyclic) bond motifs is 1. The molecule has 2 amide bonds. The third kappa shape index (κ3) is 3.58. The fraction of sp³-hybridized carbons (Fsp3) is 0.458. The fourth-order valence-electron chi connectivity index (χ4n) is 4.84. The second-order valence-corrected chi connectivity index (χ2v) is 8.70. The molecular formula is C24H29N5O3. The van der Waals surface area contributed by atoms with Gasteiger partial charge in [-0.3, -0.25) is 14.5 Å². The van der Waals surface area contributed by atoms with Gasteiger partial charge in [-0.1, -0.05) is 13.0 Å². The number of carbonyl (C=O) groups is 2.